The van der Waals surface area contributed by atoms with Crippen LogP contribution in [0, 0.1) is 0 Å². The minimum absolute atomic E-state index is 0.149. The first-order valence-electron chi connectivity index (χ1n) is 4.27. The van der Waals surface area contributed by atoms with Crippen LogP contribution in [-0.2, 0) is 13.8 Å². The molecule has 1 aliphatic carbocycles. The van der Waals surface area contributed by atoms with Gasteiger partial charge in [0, 0.05) is 26.9 Å². The van der Waals surface area contributed by atoms with Crippen LogP contribution in [0.5, 0.6) is 0 Å². The standard InChI is InChI=1S/C8H17O3P/c1-10-7-4-5-8(6-7)11-12(2,3)9/h7-8H,4-6H2,1-3H3. The second kappa shape index (κ2) is 3.91. The number of hydrogen-bond acceptors (Lipinski definition) is 3. The Bertz CT molecular complexity index is 187. The average molecular weight is 192 g/mol. The SMILES string of the molecule is COC1CCC(OP(C)(C)=O)C1. The normalized spacial score (nSPS) is 30.9. The van der Waals surface area contributed by atoms with Gasteiger partial charge in [-0.2, -0.15) is 0 Å². The van der Waals surface area contributed by atoms with Gasteiger partial charge in [-0.25, -0.2) is 0 Å². The van der Waals surface area contributed by atoms with Crippen LogP contribution in [0.4, 0.5) is 0 Å². The second-order valence-corrected chi connectivity index (χ2v) is 6.37. The Morgan fingerprint density at radius 2 is 1.83 bits per heavy atom. The molecule has 0 heterocycles. The molecule has 2 unspecified atom stereocenters. The average Bonchev–Trinajstić information content (AvgIpc) is 2.32. The summed E-state index contributed by atoms with van der Waals surface area (Å²) in [4.78, 5) is 0. The number of hydrogen-bond donors (Lipinski definition) is 0. The highest BCUT2D eigenvalue weighted by Crippen LogP contribution is 2.42. The second-order valence-electron chi connectivity index (χ2n) is 3.65. The summed E-state index contributed by atoms with van der Waals surface area (Å²) in [5, 5.41) is 0. The summed E-state index contributed by atoms with van der Waals surface area (Å²) in [7, 11) is -0.595. The van der Waals surface area contributed by atoms with Gasteiger partial charge in [0.25, 0.3) is 0 Å². The van der Waals surface area contributed by atoms with Crippen LogP contribution in [0.25, 0.3) is 0 Å². The third-order valence-corrected chi connectivity index (χ3v) is 2.88. The van der Waals surface area contributed by atoms with E-state index in [4.69, 9.17) is 9.26 Å². The quantitative estimate of drug-likeness (QED) is 0.642. The molecule has 12 heavy (non-hydrogen) atoms. The Kier molecular flexibility index (Phi) is 3.33. The van der Waals surface area contributed by atoms with E-state index in [0.717, 1.165) is 19.3 Å². The summed E-state index contributed by atoms with van der Waals surface area (Å²) < 4.78 is 21.9. The van der Waals surface area contributed by atoms with E-state index >= 15 is 0 Å². The van der Waals surface area contributed by atoms with E-state index in [1.807, 2.05) is 0 Å². The van der Waals surface area contributed by atoms with E-state index < -0.39 is 7.37 Å². The third kappa shape index (κ3) is 3.26. The van der Waals surface area contributed by atoms with Gasteiger partial charge in [-0.05, 0) is 12.8 Å². The van der Waals surface area contributed by atoms with Gasteiger partial charge >= 0.3 is 0 Å². The van der Waals surface area contributed by atoms with Crippen molar-refractivity contribution in [3.05, 3.63) is 0 Å². The maximum absolute atomic E-state index is 11.3. The fraction of sp³-hybridized carbons (Fsp3) is 1.00. The molecule has 0 amide bonds. The van der Waals surface area contributed by atoms with Gasteiger partial charge in [-0.15, -0.1) is 0 Å². The van der Waals surface area contributed by atoms with Gasteiger partial charge in [0.15, 0.2) is 7.37 Å². The van der Waals surface area contributed by atoms with E-state index in [2.05, 4.69) is 0 Å². The van der Waals surface area contributed by atoms with Crippen molar-refractivity contribution in [2.75, 3.05) is 20.4 Å². The molecule has 72 valence electrons. The molecular weight excluding hydrogens is 175 g/mol. The van der Waals surface area contributed by atoms with Gasteiger partial charge < -0.3 is 9.26 Å². The maximum atomic E-state index is 11.3. The highest BCUT2D eigenvalue weighted by Gasteiger charge is 2.27. The number of rotatable bonds is 3. The molecular formula is C8H17O3P. The van der Waals surface area contributed by atoms with Crippen molar-refractivity contribution in [2.24, 2.45) is 0 Å². The van der Waals surface area contributed by atoms with Crippen LogP contribution in [0.15, 0.2) is 0 Å². The molecule has 0 aromatic rings. The number of methoxy groups -OCH3 is 1. The predicted molar refractivity (Wildman–Crippen MR) is 49.0 cm³/mol. The Hall–Kier alpha value is 0.150. The molecule has 1 rings (SSSR count). The molecule has 0 saturated heterocycles. The highest BCUT2D eigenvalue weighted by atomic mass is 31.2. The van der Waals surface area contributed by atoms with Crippen molar-refractivity contribution in [3.8, 4) is 0 Å². The van der Waals surface area contributed by atoms with E-state index in [-0.39, 0.29) is 6.10 Å². The first kappa shape index (κ1) is 10.2. The molecule has 0 N–H and O–H groups in total. The molecule has 0 aromatic carbocycles. The topological polar surface area (TPSA) is 35.5 Å². The molecule has 1 aliphatic rings. The lowest BCUT2D eigenvalue weighted by Gasteiger charge is -2.14. The number of ether oxygens (including phenoxy) is 1. The van der Waals surface area contributed by atoms with Crippen molar-refractivity contribution in [3.63, 3.8) is 0 Å². The van der Waals surface area contributed by atoms with Crippen LogP contribution >= 0.6 is 7.37 Å². The smallest absolute Gasteiger partial charge is 0.197 e. The lowest BCUT2D eigenvalue weighted by molar-refractivity contribution is 0.0956. The summed E-state index contributed by atoms with van der Waals surface area (Å²) in [5.41, 5.74) is 0. The van der Waals surface area contributed by atoms with E-state index in [0.29, 0.717) is 6.10 Å². The van der Waals surface area contributed by atoms with Crippen LogP contribution in [0.3, 0.4) is 0 Å². The molecule has 3 nitrogen and oxygen atoms in total. The van der Waals surface area contributed by atoms with E-state index in [1.54, 1.807) is 20.4 Å². The van der Waals surface area contributed by atoms with Crippen LogP contribution in [0.1, 0.15) is 19.3 Å². The Labute approximate surface area is 73.9 Å². The first-order chi connectivity index (χ1) is 5.51. The van der Waals surface area contributed by atoms with Gasteiger partial charge in [0.2, 0.25) is 0 Å². The van der Waals surface area contributed by atoms with Gasteiger partial charge in [0.05, 0.1) is 12.2 Å². The highest BCUT2D eigenvalue weighted by molar-refractivity contribution is 7.57. The molecule has 0 bridgehead atoms. The zero-order valence-electron chi connectivity index (χ0n) is 7.95. The molecule has 4 heteroatoms. The van der Waals surface area contributed by atoms with Gasteiger partial charge in [-0.1, -0.05) is 0 Å². The Balaban J connectivity index is 2.33. The van der Waals surface area contributed by atoms with Crippen molar-refractivity contribution in [2.45, 2.75) is 31.5 Å². The molecule has 1 fully saturated rings. The molecule has 0 aromatic heterocycles. The van der Waals surface area contributed by atoms with Crippen molar-refractivity contribution in [1.29, 1.82) is 0 Å². The van der Waals surface area contributed by atoms with Crippen molar-refractivity contribution >= 4 is 7.37 Å². The summed E-state index contributed by atoms with van der Waals surface area (Å²) in [6.07, 6.45) is 3.35. The fourth-order valence-corrected chi connectivity index (χ4v) is 2.48. The summed E-state index contributed by atoms with van der Waals surface area (Å²) in [6, 6.07) is 0. The minimum atomic E-state index is -2.31. The molecule has 0 spiro atoms. The molecule has 2 atom stereocenters. The predicted octanol–water partition coefficient (Wildman–Crippen LogP) is 2.11. The Morgan fingerprint density at radius 3 is 2.25 bits per heavy atom. The van der Waals surface area contributed by atoms with Crippen molar-refractivity contribution in [1.82, 2.24) is 0 Å². The van der Waals surface area contributed by atoms with Crippen LogP contribution in [0.2, 0.25) is 0 Å². The van der Waals surface area contributed by atoms with Gasteiger partial charge in [0.1, 0.15) is 0 Å². The molecule has 0 radical (unpaired) electrons. The first-order valence-corrected chi connectivity index (χ1v) is 6.79. The summed E-state index contributed by atoms with van der Waals surface area (Å²) >= 11 is 0. The summed E-state index contributed by atoms with van der Waals surface area (Å²) in [6.45, 7) is 3.32. The maximum Gasteiger partial charge on any atom is 0.197 e. The molecule has 1 saturated carbocycles. The van der Waals surface area contributed by atoms with Crippen LogP contribution in [-0.4, -0.2) is 32.6 Å². The largest absolute Gasteiger partial charge is 0.381 e. The summed E-state index contributed by atoms with van der Waals surface area (Å²) in [5.74, 6) is 0. The van der Waals surface area contributed by atoms with Crippen LogP contribution < -0.4 is 0 Å². The minimum Gasteiger partial charge on any atom is -0.381 e. The monoisotopic (exact) mass is 192 g/mol. The zero-order chi connectivity index (χ0) is 9.19. The zero-order valence-corrected chi connectivity index (χ0v) is 8.84. The molecule has 0 aliphatic heterocycles. The van der Waals surface area contributed by atoms with E-state index in [1.165, 1.54) is 0 Å². The van der Waals surface area contributed by atoms with Gasteiger partial charge in [-0.3, -0.25) is 4.57 Å². The third-order valence-electron chi connectivity index (χ3n) is 2.07. The lowest BCUT2D eigenvalue weighted by atomic mass is 10.3. The van der Waals surface area contributed by atoms with E-state index in [9.17, 15) is 4.57 Å². The Morgan fingerprint density at radius 1 is 1.25 bits per heavy atom. The fourth-order valence-electron chi connectivity index (χ4n) is 1.57. The van der Waals surface area contributed by atoms with Crippen molar-refractivity contribution < 1.29 is 13.8 Å². The lowest BCUT2D eigenvalue weighted by Crippen LogP contribution is -2.09.